The molecule has 146 valence electrons. The van der Waals surface area contributed by atoms with E-state index in [4.69, 9.17) is 21.1 Å². The Bertz CT molecular complexity index is 1070. The molecule has 0 N–H and O–H groups in total. The van der Waals surface area contributed by atoms with Gasteiger partial charge in [0.1, 0.15) is 12.4 Å². The Kier molecular flexibility index (Phi) is 6.89. The van der Waals surface area contributed by atoms with Crippen LogP contribution < -0.4 is 9.47 Å². The second kappa shape index (κ2) is 9.77. The topological polar surface area (TPSA) is 42.2 Å². The Labute approximate surface area is 174 Å². The van der Waals surface area contributed by atoms with E-state index >= 15 is 0 Å². The number of allylic oxidation sites excluding steroid dienone is 1. The van der Waals surface area contributed by atoms with E-state index in [1.807, 2.05) is 31.2 Å². The monoisotopic (exact) mass is 407 g/mol. The third-order valence-electron chi connectivity index (χ3n) is 4.20. The van der Waals surface area contributed by atoms with E-state index in [-0.39, 0.29) is 11.1 Å². The molecule has 0 atom stereocenters. The van der Waals surface area contributed by atoms with Crippen molar-refractivity contribution in [1.82, 2.24) is 0 Å². The summed E-state index contributed by atoms with van der Waals surface area (Å²) in [6.45, 7) is 2.63. The Hall–Kier alpha value is -3.29. The standard InChI is InChI=1S/C24H19ClFNO2/c1-2-28-24-14-17(13-19(15-27)20-8-4-6-10-22(20)26)11-12-23(24)29-16-18-7-3-5-9-21(18)25/h3-14H,2,16H2,1H3/b19-13-. The van der Waals surface area contributed by atoms with E-state index in [9.17, 15) is 9.65 Å². The fraction of sp³-hybridized carbons (Fsp3) is 0.125. The molecule has 0 saturated heterocycles. The molecule has 0 aromatic heterocycles. The van der Waals surface area contributed by atoms with Crippen molar-refractivity contribution in [3.05, 3.63) is 94.3 Å². The summed E-state index contributed by atoms with van der Waals surface area (Å²) in [5.74, 6) is 0.664. The van der Waals surface area contributed by atoms with E-state index in [1.165, 1.54) is 6.07 Å². The van der Waals surface area contributed by atoms with E-state index in [0.717, 1.165) is 5.56 Å². The maximum Gasteiger partial charge on any atom is 0.161 e. The van der Waals surface area contributed by atoms with Gasteiger partial charge in [-0.05, 0) is 42.8 Å². The molecule has 3 aromatic rings. The zero-order chi connectivity index (χ0) is 20.6. The summed E-state index contributed by atoms with van der Waals surface area (Å²) in [7, 11) is 0. The first-order chi connectivity index (χ1) is 14.1. The molecule has 3 nitrogen and oxygen atoms in total. The van der Waals surface area contributed by atoms with Gasteiger partial charge in [-0.25, -0.2) is 4.39 Å². The molecule has 0 heterocycles. The molecule has 0 aliphatic heterocycles. The van der Waals surface area contributed by atoms with Crippen molar-refractivity contribution in [2.45, 2.75) is 13.5 Å². The van der Waals surface area contributed by atoms with Crippen LogP contribution in [0.5, 0.6) is 11.5 Å². The summed E-state index contributed by atoms with van der Waals surface area (Å²) < 4.78 is 25.6. The van der Waals surface area contributed by atoms with E-state index in [0.29, 0.717) is 35.3 Å². The molecule has 0 aliphatic carbocycles. The minimum Gasteiger partial charge on any atom is -0.490 e. The first kappa shape index (κ1) is 20.4. The van der Waals surface area contributed by atoms with Gasteiger partial charge in [-0.2, -0.15) is 5.26 Å². The van der Waals surface area contributed by atoms with Gasteiger partial charge in [0.2, 0.25) is 0 Å². The van der Waals surface area contributed by atoms with Gasteiger partial charge >= 0.3 is 0 Å². The molecule has 3 aromatic carbocycles. The maximum atomic E-state index is 14.0. The third kappa shape index (κ3) is 5.16. The molecular weight excluding hydrogens is 389 g/mol. The lowest BCUT2D eigenvalue weighted by molar-refractivity contribution is 0.269. The molecule has 0 amide bonds. The molecule has 0 unspecified atom stereocenters. The summed E-state index contributed by atoms with van der Waals surface area (Å²) >= 11 is 6.18. The highest BCUT2D eigenvalue weighted by Crippen LogP contribution is 2.31. The molecule has 0 fully saturated rings. The lowest BCUT2D eigenvalue weighted by atomic mass is 10.0. The van der Waals surface area contributed by atoms with Crippen LogP contribution in [0.3, 0.4) is 0 Å². The van der Waals surface area contributed by atoms with Crippen molar-refractivity contribution in [3.8, 4) is 17.6 Å². The van der Waals surface area contributed by atoms with Crippen molar-refractivity contribution < 1.29 is 13.9 Å². The van der Waals surface area contributed by atoms with Gasteiger partial charge in [0.15, 0.2) is 11.5 Å². The minimum atomic E-state index is -0.440. The molecule has 0 bridgehead atoms. The number of benzene rings is 3. The summed E-state index contributed by atoms with van der Waals surface area (Å²) in [6.07, 6.45) is 1.62. The number of nitriles is 1. The smallest absolute Gasteiger partial charge is 0.161 e. The molecular formula is C24H19ClFNO2. The summed E-state index contributed by atoms with van der Waals surface area (Å²) in [6, 6.07) is 21.0. The van der Waals surface area contributed by atoms with Crippen molar-refractivity contribution in [2.75, 3.05) is 6.61 Å². The summed E-state index contributed by atoms with van der Waals surface area (Å²) in [5, 5.41) is 10.1. The molecule has 0 spiro atoms. The largest absolute Gasteiger partial charge is 0.490 e. The molecule has 0 aliphatic rings. The first-order valence-corrected chi connectivity index (χ1v) is 9.50. The van der Waals surface area contributed by atoms with Gasteiger partial charge in [0, 0.05) is 16.1 Å². The van der Waals surface area contributed by atoms with Gasteiger partial charge < -0.3 is 9.47 Å². The molecule has 3 rings (SSSR count). The van der Waals surface area contributed by atoms with Crippen LogP contribution in [0.1, 0.15) is 23.6 Å². The van der Waals surface area contributed by atoms with E-state index in [1.54, 1.807) is 42.5 Å². The highest BCUT2D eigenvalue weighted by molar-refractivity contribution is 6.31. The fourth-order valence-corrected chi connectivity index (χ4v) is 2.98. The van der Waals surface area contributed by atoms with Crippen LogP contribution in [0.25, 0.3) is 11.6 Å². The summed E-state index contributed by atoms with van der Waals surface area (Å²) in [4.78, 5) is 0. The normalized spacial score (nSPS) is 11.0. The van der Waals surface area contributed by atoms with Gasteiger partial charge in [-0.15, -0.1) is 0 Å². The van der Waals surface area contributed by atoms with Gasteiger partial charge in [0.25, 0.3) is 0 Å². The number of nitrogens with zero attached hydrogens (tertiary/aromatic N) is 1. The molecule has 5 heteroatoms. The molecule has 0 saturated carbocycles. The first-order valence-electron chi connectivity index (χ1n) is 9.12. The lowest BCUT2D eigenvalue weighted by Gasteiger charge is -2.13. The third-order valence-corrected chi connectivity index (χ3v) is 4.57. The minimum absolute atomic E-state index is 0.232. The number of hydrogen-bond donors (Lipinski definition) is 0. The van der Waals surface area contributed by atoms with Crippen LogP contribution in [0.2, 0.25) is 5.02 Å². The highest BCUT2D eigenvalue weighted by Gasteiger charge is 2.10. The van der Waals surface area contributed by atoms with Crippen LogP contribution in [0.15, 0.2) is 66.7 Å². The van der Waals surface area contributed by atoms with Gasteiger partial charge in [0.05, 0.1) is 18.2 Å². The predicted molar refractivity (Wildman–Crippen MR) is 113 cm³/mol. The van der Waals surface area contributed by atoms with Crippen molar-refractivity contribution in [1.29, 1.82) is 5.26 Å². The number of rotatable bonds is 7. The second-order valence-corrected chi connectivity index (χ2v) is 6.58. The van der Waals surface area contributed by atoms with Crippen LogP contribution in [0, 0.1) is 17.1 Å². The van der Waals surface area contributed by atoms with Crippen molar-refractivity contribution in [2.24, 2.45) is 0 Å². The Morgan fingerprint density at radius 2 is 1.79 bits per heavy atom. The number of halogens is 2. The average molecular weight is 408 g/mol. The van der Waals surface area contributed by atoms with Crippen LogP contribution >= 0.6 is 11.6 Å². The van der Waals surface area contributed by atoms with Crippen LogP contribution in [0.4, 0.5) is 4.39 Å². The Morgan fingerprint density at radius 1 is 1.03 bits per heavy atom. The van der Waals surface area contributed by atoms with Crippen LogP contribution in [-0.4, -0.2) is 6.61 Å². The second-order valence-electron chi connectivity index (χ2n) is 6.17. The number of hydrogen-bond acceptors (Lipinski definition) is 3. The van der Waals surface area contributed by atoms with Gasteiger partial charge in [-0.3, -0.25) is 0 Å². The predicted octanol–water partition coefficient (Wildman–Crippen LogP) is 6.52. The van der Waals surface area contributed by atoms with Crippen molar-refractivity contribution in [3.63, 3.8) is 0 Å². The zero-order valence-electron chi connectivity index (χ0n) is 15.9. The molecule has 29 heavy (non-hydrogen) atoms. The van der Waals surface area contributed by atoms with E-state index < -0.39 is 5.82 Å². The SMILES string of the molecule is CCOc1cc(/C=C(/C#N)c2ccccc2F)ccc1OCc1ccccc1Cl. The molecule has 0 radical (unpaired) electrons. The van der Waals surface area contributed by atoms with Gasteiger partial charge in [-0.1, -0.05) is 54.1 Å². The quantitative estimate of drug-likeness (QED) is 0.330. The van der Waals surface area contributed by atoms with Crippen molar-refractivity contribution >= 4 is 23.3 Å². The number of ether oxygens (including phenoxy) is 2. The fourth-order valence-electron chi connectivity index (χ4n) is 2.79. The van der Waals surface area contributed by atoms with Crippen LogP contribution in [-0.2, 0) is 6.61 Å². The summed E-state index contributed by atoms with van der Waals surface area (Å²) in [5.41, 5.74) is 2.06. The maximum absolute atomic E-state index is 14.0. The Balaban J connectivity index is 1.88. The Morgan fingerprint density at radius 3 is 2.52 bits per heavy atom. The zero-order valence-corrected chi connectivity index (χ0v) is 16.6. The lowest BCUT2D eigenvalue weighted by Crippen LogP contribution is -2.00. The average Bonchev–Trinajstić information content (AvgIpc) is 2.73. The van der Waals surface area contributed by atoms with E-state index in [2.05, 4.69) is 6.07 Å². The highest BCUT2D eigenvalue weighted by atomic mass is 35.5.